The number of nitro groups is 1. The molecule has 1 aromatic carbocycles. The molecule has 0 radical (unpaired) electrons. The Morgan fingerprint density at radius 1 is 1.29 bits per heavy atom. The number of pyridine rings is 1. The molecular weight excluding hydrogens is 244 g/mol. The molecule has 1 heterocycles. The van der Waals surface area contributed by atoms with Gasteiger partial charge in [0.15, 0.2) is 9.84 Å². The SMILES string of the molecule is CS(=O)(=O)c1ccc([N+](=O)[O-])c2cccnc12. The molecule has 0 aliphatic carbocycles. The second kappa shape index (κ2) is 3.77. The van der Waals surface area contributed by atoms with Crippen LogP contribution in [-0.4, -0.2) is 24.6 Å². The number of hydrogen-bond donors (Lipinski definition) is 0. The lowest BCUT2D eigenvalue weighted by Crippen LogP contribution is -2.01. The minimum absolute atomic E-state index is 0.00120. The van der Waals surface area contributed by atoms with E-state index in [-0.39, 0.29) is 21.5 Å². The highest BCUT2D eigenvalue weighted by molar-refractivity contribution is 7.91. The monoisotopic (exact) mass is 252 g/mol. The average molecular weight is 252 g/mol. The Morgan fingerprint density at radius 2 is 2.00 bits per heavy atom. The molecule has 0 saturated heterocycles. The summed E-state index contributed by atoms with van der Waals surface area (Å²) in [6, 6.07) is 5.40. The first kappa shape index (κ1) is 11.5. The van der Waals surface area contributed by atoms with Gasteiger partial charge in [-0.25, -0.2) is 8.42 Å². The van der Waals surface area contributed by atoms with E-state index < -0.39 is 14.8 Å². The lowest BCUT2D eigenvalue weighted by atomic mass is 10.2. The third kappa shape index (κ3) is 1.96. The van der Waals surface area contributed by atoms with Crippen molar-refractivity contribution in [1.82, 2.24) is 4.98 Å². The first-order valence-electron chi connectivity index (χ1n) is 4.63. The van der Waals surface area contributed by atoms with Crippen LogP contribution >= 0.6 is 0 Å². The topological polar surface area (TPSA) is 90.2 Å². The van der Waals surface area contributed by atoms with Crippen LogP contribution in [0.15, 0.2) is 35.4 Å². The summed E-state index contributed by atoms with van der Waals surface area (Å²) in [6.45, 7) is 0. The highest BCUT2D eigenvalue weighted by Gasteiger charge is 2.19. The highest BCUT2D eigenvalue weighted by Crippen LogP contribution is 2.28. The summed E-state index contributed by atoms with van der Waals surface area (Å²) in [7, 11) is -3.46. The maximum absolute atomic E-state index is 11.5. The highest BCUT2D eigenvalue weighted by atomic mass is 32.2. The zero-order valence-electron chi connectivity index (χ0n) is 8.82. The van der Waals surface area contributed by atoms with E-state index in [2.05, 4.69) is 4.98 Å². The molecule has 0 fully saturated rings. The maximum Gasteiger partial charge on any atom is 0.278 e. The largest absolute Gasteiger partial charge is 0.278 e. The molecule has 0 unspecified atom stereocenters. The zero-order chi connectivity index (χ0) is 12.6. The van der Waals surface area contributed by atoms with Gasteiger partial charge in [-0.15, -0.1) is 0 Å². The van der Waals surface area contributed by atoms with E-state index in [4.69, 9.17) is 0 Å². The number of non-ortho nitro benzene ring substituents is 1. The van der Waals surface area contributed by atoms with Crippen LogP contribution in [0.3, 0.4) is 0 Å². The van der Waals surface area contributed by atoms with Gasteiger partial charge in [0.1, 0.15) is 0 Å². The van der Waals surface area contributed by atoms with E-state index >= 15 is 0 Å². The lowest BCUT2D eigenvalue weighted by Gasteiger charge is -2.03. The second-order valence-electron chi connectivity index (χ2n) is 3.51. The van der Waals surface area contributed by atoms with Gasteiger partial charge in [-0.1, -0.05) is 0 Å². The molecule has 0 bridgehead atoms. The standard InChI is InChI=1S/C10H8N2O4S/c1-17(15,16)9-5-4-8(12(13)14)7-3-2-6-11-10(7)9/h2-6H,1H3. The van der Waals surface area contributed by atoms with E-state index in [1.54, 1.807) is 0 Å². The lowest BCUT2D eigenvalue weighted by molar-refractivity contribution is -0.383. The number of benzene rings is 1. The third-order valence-electron chi connectivity index (χ3n) is 2.31. The van der Waals surface area contributed by atoms with Gasteiger partial charge in [0, 0.05) is 18.5 Å². The predicted octanol–water partition coefficient (Wildman–Crippen LogP) is 1.55. The van der Waals surface area contributed by atoms with E-state index in [1.165, 1.54) is 30.5 Å². The van der Waals surface area contributed by atoms with Gasteiger partial charge in [0.05, 0.1) is 20.7 Å². The van der Waals surface area contributed by atoms with Crippen LogP contribution in [0.5, 0.6) is 0 Å². The molecule has 1 aromatic heterocycles. The van der Waals surface area contributed by atoms with Crippen LogP contribution in [0.2, 0.25) is 0 Å². The number of rotatable bonds is 2. The Labute approximate surface area is 97.0 Å². The molecule has 0 saturated carbocycles. The Kier molecular flexibility index (Phi) is 2.55. The molecule has 0 amide bonds. The van der Waals surface area contributed by atoms with E-state index in [1.807, 2.05) is 0 Å². The van der Waals surface area contributed by atoms with Gasteiger partial charge in [-0.2, -0.15) is 0 Å². The van der Waals surface area contributed by atoms with Gasteiger partial charge in [-0.3, -0.25) is 15.1 Å². The fraction of sp³-hybridized carbons (Fsp3) is 0.100. The molecular formula is C10H8N2O4S. The number of sulfone groups is 1. The van der Waals surface area contributed by atoms with Crippen molar-refractivity contribution in [2.75, 3.05) is 6.26 Å². The molecule has 2 aromatic rings. The maximum atomic E-state index is 11.5. The van der Waals surface area contributed by atoms with Crippen molar-refractivity contribution in [1.29, 1.82) is 0 Å². The van der Waals surface area contributed by atoms with Gasteiger partial charge < -0.3 is 0 Å². The second-order valence-corrected chi connectivity index (χ2v) is 5.50. The average Bonchev–Trinajstić information content (AvgIpc) is 2.26. The Balaban J connectivity index is 2.95. The summed E-state index contributed by atoms with van der Waals surface area (Å²) < 4.78 is 23.0. The molecule has 0 aliphatic rings. The Morgan fingerprint density at radius 3 is 2.59 bits per heavy atom. The Bertz CT molecular complexity index is 709. The molecule has 0 atom stereocenters. The number of aromatic nitrogens is 1. The van der Waals surface area contributed by atoms with Crippen LogP contribution in [0, 0.1) is 10.1 Å². The summed E-state index contributed by atoms with van der Waals surface area (Å²) in [5.74, 6) is 0. The van der Waals surface area contributed by atoms with Crippen molar-refractivity contribution in [2.24, 2.45) is 0 Å². The van der Waals surface area contributed by atoms with Crippen molar-refractivity contribution in [3.05, 3.63) is 40.6 Å². The van der Waals surface area contributed by atoms with Crippen molar-refractivity contribution >= 4 is 26.4 Å². The number of fused-ring (bicyclic) bond motifs is 1. The summed E-state index contributed by atoms with van der Waals surface area (Å²) in [6.07, 6.45) is 2.45. The van der Waals surface area contributed by atoms with Crippen molar-refractivity contribution in [2.45, 2.75) is 4.90 Å². The van der Waals surface area contributed by atoms with E-state index in [9.17, 15) is 18.5 Å². The van der Waals surface area contributed by atoms with Crippen LogP contribution < -0.4 is 0 Å². The fourth-order valence-corrected chi connectivity index (χ4v) is 2.42. The summed E-state index contributed by atoms with van der Waals surface area (Å²) in [5.41, 5.74) is -0.0234. The minimum atomic E-state index is -3.46. The summed E-state index contributed by atoms with van der Waals surface area (Å²) >= 11 is 0. The minimum Gasteiger partial charge on any atom is -0.258 e. The van der Waals surface area contributed by atoms with Crippen LogP contribution in [0.4, 0.5) is 5.69 Å². The van der Waals surface area contributed by atoms with Gasteiger partial charge >= 0.3 is 0 Å². The zero-order valence-corrected chi connectivity index (χ0v) is 9.64. The van der Waals surface area contributed by atoms with Crippen molar-refractivity contribution in [3.63, 3.8) is 0 Å². The summed E-state index contributed by atoms with van der Waals surface area (Å²) in [4.78, 5) is 14.2. The molecule has 0 N–H and O–H groups in total. The first-order chi connectivity index (χ1) is 7.91. The van der Waals surface area contributed by atoms with Crippen LogP contribution in [0.1, 0.15) is 0 Å². The fourth-order valence-electron chi connectivity index (χ4n) is 1.59. The quantitative estimate of drug-likeness (QED) is 0.597. The molecule has 88 valence electrons. The molecule has 2 rings (SSSR count). The van der Waals surface area contributed by atoms with Gasteiger partial charge in [-0.05, 0) is 18.2 Å². The number of nitro benzene ring substituents is 1. The van der Waals surface area contributed by atoms with E-state index in [0.29, 0.717) is 0 Å². The van der Waals surface area contributed by atoms with Gasteiger partial charge in [0.25, 0.3) is 5.69 Å². The van der Waals surface area contributed by atoms with E-state index in [0.717, 1.165) is 6.26 Å². The summed E-state index contributed by atoms with van der Waals surface area (Å²) in [5, 5.41) is 11.0. The molecule has 7 heteroatoms. The molecule has 0 spiro atoms. The Hall–Kier alpha value is -2.02. The predicted molar refractivity (Wildman–Crippen MR) is 61.5 cm³/mol. The normalized spacial score (nSPS) is 11.6. The number of hydrogen-bond acceptors (Lipinski definition) is 5. The van der Waals surface area contributed by atoms with Crippen molar-refractivity contribution < 1.29 is 13.3 Å². The third-order valence-corrected chi connectivity index (χ3v) is 3.43. The van der Waals surface area contributed by atoms with Crippen molar-refractivity contribution in [3.8, 4) is 0 Å². The smallest absolute Gasteiger partial charge is 0.258 e. The molecule has 17 heavy (non-hydrogen) atoms. The van der Waals surface area contributed by atoms with Crippen LogP contribution in [0.25, 0.3) is 10.9 Å². The van der Waals surface area contributed by atoms with Crippen LogP contribution in [-0.2, 0) is 9.84 Å². The molecule has 6 nitrogen and oxygen atoms in total. The number of nitrogens with zero attached hydrogens (tertiary/aromatic N) is 2. The molecule has 0 aliphatic heterocycles. The first-order valence-corrected chi connectivity index (χ1v) is 6.52. The van der Waals surface area contributed by atoms with Gasteiger partial charge in [0.2, 0.25) is 0 Å².